The van der Waals surface area contributed by atoms with Crippen molar-refractivity contribution in [2.45, 2.75) is 25.9 Å². The van der Waals surface area contributed by atoms with Gasteiger partial charge >= 0.3 is 0 Å². The van der Waals surface area contributed by atoms with E-state index in [-0.39, 0.29) is 30.7 Å². The predicted octanol–water partition coefficient (Wildman–Crippen LogP) is 3.54. The number of carbonyl (C=O) groups is 1. The minimum atomic E-state index is 0. The second kappa shape index (κ2) is 11.6. The number of amides is 1. The normalized spacial score (nSPS) is 10.1. The van der Waals surface area contributed by atoms with Crippen LogP contribution >= 0.6 is 24.8 Å². The maximum atomic E-state index is 11.8. The molecule has 27 heavy (non-hydrogen) atoms. The lowest BCUT2D eigenvalue weighted by Gasteiger charge is -2.09. The van der Waals surface area contributed by atoms with E-state index in [0.717, 1.165) is 36.1 Å². The van der Waals surface area contributed by atoms with Crippen LogP contribution in [0.2, 0.25) is 0 Å². The smallest absolute Gasteiger partial charge is 0.220 e. The molecule has 146 valence electrons. The molecule has 1 heterocycles. The maximum Gasteiger partial charge on any atom is 0.220 e. The van der Waals surface area contributed by atoms with E-state index in [0.29, 0.717) is 13.0 Å². The number of nitrogens with zero attached hydrogens (tertiary/aromatic N) is 2. The van der Waals surface area contributed by atoms with Crippen molar-refractivity contribution in [3.8, 4) is 0 Å². The summed E-state index contributed by atoms with van der Waals surface area (Å²) in [6.07, 6.45) is 3.29. The largest absolute Gasteiger partial charge is 0.352 e. The molecule has 3 aromatic rings. The van der Waals surface area contributed by atoms with Crippen LogP contribution in [0.5, 0.6) is 0 Å². The summed E-state index contributed by atoms with van der Waals surface area (Å²) in [7, 11) is 1.90. The highest BCUT2D eigenvalue weighted by atomic mass is 35.5. The highest BCUT2D eigenvalue weighted by Gasteiger charge is 2.04. The van der Waals surface area contributed by atoms with Crippen molar-refractivity contribution >= 4 is 41.8 Å². The molecule has 0 aliphatic carbocycles. The SMILES string of the molecule is CNCCCC(=O)NCc1cccc(Cn2cnc3ccccc32)c1.Cl.Cl. The Morgan fingerprint density at radius 3 is 2.67 bits per heavy atom. The van der Waals surface area contributed by atoms with Crippen molar-refractivity contribution < 1.29 is 4.79 Å². The first kappa shape index (κ1) is 23.0. The Kier molecular flexibility index (Phi) is 9.86. The standard InChI is InChI=1S/C20H24N4O.2ClH/c1-21-11-5-10-20(25)22-13-16-6-4-7-17(12-16)14-24-15-23-18-8-2-3-9-19(18)24;;/h2-4,6-9,12,15,21H,5,10-11,13-14H2,1H3,(H,22,25);2*1H. The monoisotopic (exact) mass is 408 g/mol. The summed E-state index contributed by atoms with van der Waals surface area (Å²) < 4.78 is 2.14. The molecule has 0 spiro atoms. The first-order chi connectivity index (χ1) is 12.3. The molecular weight excluding hydrogens is 383 g/mol. The Morgan fingerprint density at radius 1 is 1.07 bits per heavy atom. The second-order valence-electron chi connectivity index (χ2n) is 6.16. The molecule has 3 rings (SSSR count). The van der Waals surface area contributed by atoms with Crippen LogP contribution in [0.1, 0.15) is 24.0 Å². The average molecular weight is 409 g/mol. The summed E-state index contributed by atoms with van der Waals surface area (Å²) in [6.45, 7) is 2.20. The van der Waals surface area contributed by atoms with E-state index in [4.69, 9.17) is 0 Å². The number of halogens is 2. The van der Waals surface area contributed by atoms with Crippen molar-refractivity contribution in [2.75, 3.05) is 13.6 Å². The fourth-order valence-electron chi connectivity index (χ4n) is 2.89. The topological polar surface area (TPSA) is 59.0 Å². The highest BCUT2D eigenvalue weighted by Crippen LogP contribution is 2.15. The molecule has 0 radical (unpaired) electrons. The molecule has 1 aromatic heterocycles. The third kappa shape index (κ3) is 6.54. The van der Waals surface area contributed by atoms with Crippen LogP contribution in [0, 0.1) is 0 Å². The molecule has 0 bridgehead atoms. The number of rotatable bonds is 8. The average Bonchev–Trinajstić information content (AvgIpc) is 3.04. The summed E-state index contributed by atoms with van der Waals surface area (Å²) >= 11 is 0. The van der Waals surface area contributed by atoms with Crippen LogP contribution < -0.4 is 10.6 Å². The third-order valence-electron chi connectivity index (χ3n) is 4.19. The lowest BCUT2D eigenvalue weighted by Crippen LogP contribution is -2.23. The van der Waals surface area contributed by atoms with Gasteiger partial charge in [-0.3, -0.25) is 4.79 Å². The Balaban J connectivity index is 0.00000182. The van der Waals surface area contributed by atoms with Gasteiger partial charge in [0.2, 0.25) is 5.91 Å². The number of carbonyl (C=O) groups excluding carboxylic acids is 1. The molecule has 0 fully saturated rings. The van der Waals surface area contributed by atoms with Crippen LogP contribution in [0.15, 0.2) is 54.9 Å². The first-order valence-corrected chi connectivity index (χ1v) is 8.65. The zero-order valence-corrected chi connectivity index (χ0v) is 17.0. The summed E-state index contributed by atoms with van der Waals surface area (Å²) in [5, 5.41) is 6.04. The van der Waals surface area contributed by atoms with Gasteiger partial charge in [-0.05, 0) is 43.3 Å². The van der Waals surface area contributed by atoms with Crippen LogP contribution in [-0.2, 0) is 17.9 Å². The van der Waals surface area contributed by atoms with E-state index in [1.54, 1.807) is 0 Å². The number of nitrogens with one attached hydrogen (secondary N) is 2. The first-order valence-electron chi connectivity index (χ1n) is 8.65. The summed E-state index contributed by atoms with van der Waals surface area (Å²) in [5.41, 5.74) is 4.45. The minimum absolute atomic E-state index is 0. The van der Waals surface area contributed by atoms with Crippen LogP contribution in [0.3, 0.4) is 0 Å². The van der Waals surface area contributed by atoms with Gasteiger partial charge in [0.25, 0.3) is 0 Å². The number of para-hydroxylation sites is 2. The molecular formula is C20H26Cl2N4O. The van der Waals surface area contributed by atoms with Gasteiger partial charge in [0.05, 0.1) is 17.4 Å². The molecule has 0 aliphatic rings. The van der Waals surface area contributed by atoms with Gasteiger partial charge in [0.1, 0.15) is 0 Å². The highest BCUT2D eigenvalue weighted by molar-refractivity contribution is 5.85. The van der Waals surface area contributed by atoms with Gasteiger partial charge in [-0.1, -0.05) is 36.4 Å². The zero-order valence-electron chi connectivity index (χ0n) is 15.4. The van der Waals surface area contributed by atoms with Gasteiger partial charge in [-0.25, -0.2) is 4.98 Å². The second-order valence-corrected chi connectivity index (χ2v) is 6.16. The molecule has 1 amide bonds. The molecule has 0 atom stereocenters. The predicted molar refractivity (Wildman–Crippen MR) is 115 cm³/mol. The minimum Gasteiger partial charge on any atom is -0.352 e. The van der Waals surface area contributed by atoms with Gasteiger partial charge in [-0.2, -0.15) is 0 Å². The molecule has 2 aromatic carbocycles. The number of imidazole rings is 1. The molecule has 0 saturated heterocycles. The molecule has 0 aliphatic heterocycles. The van der Waals surface area contributed by atoms with Gasteiger partial charge in [0.15, 0.2) is 0 Å². The van der Waals surface area contributed by atoms with E-state index >= 15 is 0 Å². The molecule has 2 N–H and O–H groups in total. The Morgan fingerprint density at radius 2 is 1.85 bits per heavy atom. The van der Waals surface area contributed by atoms with Crippen molar-refractivity contribution in [3.63, 3.8) is 0 Å². The van der Waals surface area contributed by atoms with Crippen LogP contribution in [0.25, 0.3) is 11.0 Å². The quantitative estimate of drug-likeness (QED) is 0.560. The Labute approximate surface area is 172 Å². The third-order valence-corrected chi connectivity index (χ3v) is 4.19. The lowest BCUT2D eigenvalue weighted by atomic mass is 10.1. The Hall–Kier alpha value is -2.08. The lowest BCUT2D eigenvalue weighted by molar-refractivity contribution is -0.121. The van der Waals surface area contributed by atoms with Crippen molar-refractivity contribution in [1.29, 1.82) is 0 Å². The summed E-state index contributed by atoms with van der Waals surface area (Å²) in [5.74, 6) is 0.0984. The summed E-state index contributed by atoms with van der Waals surface area (Å²) in [4.78, 5) is 16.3. The van der Waals surface area contributed by atoms with E-state index in [9.17, 15) is 4.79 Å². The van der Waals surface area contributed by atoms with E-state index < -0.39 is 0 Å². The number of hydrogen-bond donors (Lipinski definition) is 2. The maximum absolute atomic E-state index is 11.8. The molecule has 0 saturated carbocycles. The molecule has 0 unspecified atom stereocenters. The van der Waals surface area contributed by atoms with Gasteiger partial charge in [-0.15, -0.1) is 24.8 Å². The zero-order chi connectivity index (χ0) is 17.5. The molecule has 5 nitrogen and oxygen atoms in total. The molecule has 7 heteroatoms. The van der Waals surface area contributed by atoms with E-state index in [1.807, 2.05) is 43.7 Å². The summed E-state index contributed by atoms with van der Waals surface area (Å²) in [6, 6.07) is 16.5. The fourth-order valence-corrected chi connectivity index (χ4v) is 2.89. The van der Waals surface area contributed by atoms with Gasteiger partial charge < -0.3 is 15.2 Å². The van der Waals surface area contributed by atoms with E-state index in [1.165, 1.54) is 5.56 Å². The van der Waals surface area contributed by atoms with Crippen LogP contribution in [0.4, 0.5) is 0 Å². The number of aromatic nitrogens is 2. The number of fused-ring (bicyclic) bond motifs is 1. The van der Waals surface area contributed by atoms with Crippen molar-refractivity contribution in [2.24, 2.45) is 0 Å². The fraction of sp³-hybridized carbons (Fsp3) is 0.300. The number of hydrogen-bond acceptors (Lipinski definition) is 3. The van der Waals surface area contributed by atoms with Gasteiger partial charge in [0, 0.05) is 19.5 Å². The number of benzene rings is 2. The van der Waals surface area contributed by atoms with Crippen LogP contribution in [-0.4, -0.2) is 29.1 Å². The van der Waals surface area contributed by atoms with Crippen molar-refractivity contribution in [3.05, 3.63) is 66.0 Å². The Bertz CT molecular complexity index is 851. The van der Waals surface area contributed by atoms with E-state index in [2.05, 4.69) is 38.4 Å². The van der Waals surface area contributed by atoms with Crippen molar-refractivity contribution in [1.82, 2.24) is 20.2 Å².